The van der Waals surface area contributed by atoms with E-state index in [-0.39, 0.29) is 0 Å². The standard InChI is InChI=1S/C26H24N2/c1-3-7-19(2)25(27)18-26(28)24-16-14-23(15-17-24)22-12-10-21(11-13-22)20-8-5-4-6-9-20/h3-18,28H,1,27H2,2H3/b19-7+,25-18-,28-26?. The number of allylic oxidation sites excluding steroid dienone is 4. The molecule has 0 saturated carbocycles. The van der Waals surface area contributed by atoms with E-state index >= 15 is 0 Å². The van der Waals surface area contributed by atoms with Gasteiger partial charge in [-0.1, -0.05) is 97.6 Å². The minimum atomic E-state index is 0.389. The van der Waals surface area contributed by atoms with Crippen LogP contribution in [0.3, 0.4) is 0 Å². The first-order valence-electron chi connectivity index (χ1n) is 9.20. The lowest BCUT2D eigenvalue weighted by Gasteiger charge is -2.07. The molecule has 0 aliphatic carbocycles. The zero-order valence-electron chi connectivity index (χ0n) is 16.0. The molecule has 2 heteroatoms. The van der Waals surface area contributed by atoms with E-state index in [1.807, 2.05) is 55.5 Å². The molecule has 3 aromatic rings. The van der Waals surface area contributed by atoms with Crippen LogP contribution in [0.2, 0.25) is 0 Å². The van der Waals surface area contributed by atoms with Gasteiger partial charge >= 0.3 is 0 Å². The third-order valence-electron chi connectivity index (χ3n) is 4.64. The van der Waals surface area contributed by atoms with Crippen LogP contribution in [0.4, 0.5) is 0 Å². The molecule has 0 saturated heterocycles. The summed E-state index contributed by atoms with van der Waals surface area (Å²) in [6.07, 6.45) is 5.21. The molecule has 0 spiro atoms. The summed E-state index contributed by atoms with van der Waals surface area (Å²) >= 11 is 0. The minimum Gasteiger partial charge on any atom is -0.398 e. The molecular weight excluding hydrogens is 340 g/mol. The fraction of sp³-hybridized carbons (Fsp3) is 0.0385. The highest BCUT2D eigenvalue weighted by Gasteiger charge is 2.04. The van der Waals surface area contributed by atoms with Gasteiger partial charge in [0.15, 0.2) is 0 Å². The Morgan fingerprint density at radius 3 is 1.75 bits per heavy atom. The Kier molecular flexibility index (Phi) is 6.03. The van der Waals surface area contributed by atoms with E-state index in [1.54, 1.807) is 12.2 Å². The van der Waals surface area contributed by atoms with E-state index in [9.17, 15) is 0 Å². The van der Waals surface area contributed by atoms with Crippen molar-refractivity contribution >= 4 is 5.71 Å². The second kappa shape index (κ2) is 8.83. The average molecular weight is 364 g/mol. The molecule has 0 aliphatic rings. The molecule has 0 heterocycles. The van der Waals surface area contributed by atoms with E-state index in [0.717, 1.165) is 22.3 Å². The Balaban J connectivity index is 1.77. The number of benzene rings is 3. The van der Waals surface area contributed by atoms with Crippen molar-refractivity contribution in [3.8, 4) is 22.3 Å². The monoisotopic (exact) mass is 364 g/mol. The highest BCUT2D eigenvalue weighted by Crippen LogP contribution is 2.25. The molecule has 3 N–H and O–H groups in total. The molecule has 0 aliphatic heterocycles. The summed E-state index contributed by atoms with van der Waals surface area (Å²) < 4.78 is 0. The SMILES string of the molecule is C=C/C=C(C)/C(N)=C/C(=N)c1ccc(-c2ccc(-c3ccccc3)cc2)cc1. The Bertz CT molecular complexity index is 1020. The molecule has 3 rings (SSSR count). The Morgan fingerprint density at radius 1 is 0.786 bits per heavy atom. The predicted molar refractivity (Wildman–Crippen MR) is 120 cm³/mol. The highest BCUT2D eigenvalue weighted by atomic mass is 14.6. The van der Waals surface area contributed by atoms with Gasteiger partial charge in [0.25, 0.3) is 0 Å². The largest absolute Gasteiger partial charge is 0.398 e. The summed E-state index contributed by atoms with van der Waals surface area (Å²) in [4.78, 5) is 0. The van der Waals surface area contributed by atoms with Crippen molar-refractivity contribution in [3.05, 3.63) is 121 Å². The maximum absolute atomic E-state index is 8.27. The van der Waals surface area contributed by atoms with Crippen LogP contribution in [0, 0.1) is 5.41 Å². The number of hydrogen-bond donors (Lipinski definition) is 2. The number of nitrogens with two attached hydrogens (primary N) is 1. The topological polar surface area (TPSA) is 49.9 Å². The van der Waals surface area contributed by atoms with Crippen molar-refractivity contribution in [2.24, 2.45) is 5.73 Å². The quantitative estimate of drug-likeness (QED) is 0.388. The third kappa shape index (κ3) is 4.54. The summed E-state index contributed by atoms with van der Waals surface area (Å²) in [5, 5.41) is 8.27. The van der Waals surface area contributed by atoms with Crippen LogP contribution < -0.4 is 5.73 Å². The maximum atomic E-state index is 8.27. The molecule has 0 aromatic heterocycles. The van der Waals surface area contributed by atoms with Crippen LogP contribution >= 0.6 is 0 Å². The smallest absolute Gasteiger partial charge is 0.0632 e. The van der Waals surface area contributed by atoms with Crippen LogP contribution in [-0.4, -0.2) is 5.71 Å². The van der Waals surface area contributed by atoms with Gasteiger partial charge in [0.2, 0.25) is 0 Å². The van der Waals surface area contributed by atoms with E-state index < -0.39 is 0 Å². The van der Waals surface area contributed by atoms with Crippen molar-refractivity contribution in [3.63, 3.8) is 0 Å². The first kappa shape index (κ1) is 19.1. The van der Waals surface area contributed by atoms with Gasteiger partial charge in [-0.2, -0.15) is 0 Å². The van der Waals surface area contributed by atoms with Crippen LogP contribution in [0.15, 0.2) is 115 Å². The van der Waals surface area contributed by atoms with E-state index in [2.05, 4.69) is 43.0 Å². The summed E-state index contributed by atoms with van der Waals surface area (Å²) in [7, 11) is 0. The van der Waals surface area contributed by atoms with Gasteiger partial charge in [-0.25, -0.2) is 0 Å². The Hall–Kier alpha value is -3.65. The van der Waals surface area contributed by atoms with Crippen molar-refractivity contribution in [1.82, 2.24) is 0 Å². The van der Waals surface area contributed by atoms with Gasteiger partial charge in [0.1, 0.15) is 0 Å². The zero-order chi connectivity index (χ0) is 19.9. The van der Waals surface area contributed by atoms with Crippen LogP contribution in [0.25, 0.3) is 22.3 Å². The fourth-order valence-corrected chi connectivity index (χ4v) is 2.95. The van der Waals surface area contributed by atoms with Crippen LogP contribution in [0.1, 0.15) is 12.5 Å². The lowest BCUT2D eigenvalue weighted by atomic mass is 9.98. The summed E-state index contributed by atoms with van der Waals surface area (Å²) in [6.45, 7) is 5.57. The molecule has 138 valence electrons. The molecule has 0 atom stereocenters. The summed E-state index contributed by atoms with van der Waals surface area (Å²) in [5.74, 6) is 0. The molecule has 3 aromatic carbocycles. The van der Waals surface area contributed by atoms with E-state index in [0.29, 0.717) is 11.4 Å². The van der Waals surface area contributed by atoms with Gasteiger partial charge in [-0.15, -0.1) is 0 Å². The highest BCUT2D eigenvalue weighted by molar-refractivity contribution is 6.07. The molecule has 2 nitrogen and oxygen atoms in total. The van der Waals surface area contributed by atoms with Gasteiger partial charge in [-0.3, -0.25) is 0 Å². The number of nitrogens with one attached hydrogen (secondary N) is 1. The molecule has 0 radical (unpaired) electrons. The molecule has 0 amide bonds. The molecular formula is C26H24N2. The lowest BCUT2D eigenvalue weighted by Crippen LogP contribution is -2.04. The number of rotatable bonds is 6. The lowest BCUT2D eigenvalue weighted by molar-refractivity contribution is 1.29. The zero-order valence-corrected chi connectivity index (χ0v) is 16.0. The summed E-state index contributed by atoms with van der Waals surface area (Å²) in [5.41, 5.74) is 13.4. The summed E-state index contributed by atoms with van der Waals surface area (Å²) in [6, 6.07) is 26.9. The van der Waals surface area contributed by atoms with Gasteiger partial charge in [-0.05, 0) is 46.4 Å². The molecule has 0 bridgehead atoms. The minimum absolute atomic E-state index is 0.389. The van der Waals surface area contributed by atoms with Gasteiger partial charge in [0, 0.05) is 5.70 Å². The first-order valence-corrected chi connectivity index (χ1v) is 9.20. The van der Waals surface area contributed by atoms with Crippen LogP contribution in [-0.2, 0) is 0 Å². The van der Waals surface area contributed by atoms with E-state index in [1.165, 1.54) is 11.1 Å². The van der Waals surface area contributed by atoms with Gasteiger partial charge < -0.3 is 11.1 Å². The Labute approximate surface area is 166 Å². The van der Waals surface area contributed by atoms with Crippen LogP contribution in [0.5, 0.6) is 0 Å². The molecule has 0 unspecified atom stereocenters. The predicted octanol–water partition coefficient (Wildman–Crippen LogP) is 6.36. The first-order chi connectivity index (χ1) is 13.6. The van der Waals surface area contributed by atoms with Crippen molar-refractivity contribution in [1.29, 1.82) is 5.41 Å². The van der Waals surface area contributed by atoms with Gasteiger partial charge in [0.05, 0.1) is 5.71 Å². The number of hydrogen-bond acceptors (Lipinski definition) is 2. The maximum Gasteiger partial charge on any atom is 0.0632 e. The molecule has 28 heavy (non-hydrogen) atoms. The van der Waals surface area contributed by atoms with E-state index in [4.69, 9.17) is 11.1 Å². The Morgan fingerprint density at radius 2 is 1.25 bits per heavy atom. The van der Waals surface area contributed by atoms with Crippen molar-refractivity contribution in [2.75, 3.05) is 0 Å². The van der Waals surface area contributed by atoms with Crippen molar-refractivity contribution in [2.45, 2.75) is 6.92 Å². The second-order valence-corrected chi connectivity index (χ2v) is 6.62. The second-order valence-electron chi connectivity index (χ2n) is 6.62. The van der Waals surface area contributed by atoms with Crippen molar-refractivity contribution < 1.29 is 0 Å². The normalized spacial score (nSPS) is 11.9. The molecule has 0 fully saturated rings. The average Bonchev–Trinajstić information content (AvgIpc) is 2.74. The third-order valence-corrected chi connectivity index (χ3v) is 4.64. The fourth-order valence-electron chi connectivity index (χ4n) is 2.95.